The van der Waals surface area contributed by atoms with Crippen LogP contribution in [0.2, 0.25) is 15.1 Å². The molecule has 0 aliphatic heterocycles. The van der Waals surface area contributed by atoms with Crippen LogP contribution in [0.3, 0.4) is 0 Å². The summed E-state index contributed by atoms with van der Waals surface area (Å²) in [5.41, 5.74) is 7.78. The summed E-state index contributed by atoms with van der Waals surface area (Å²) in [5.74, 6) is -0.609. The van der Waals surface area contributed by atoms with Crippen molar-refractivity contribution in [3.8, 4) is 28.7 Å². The van der Waals surface area contributed by atoms with Gasteiger partial charge in [0.25, 0.3) is 34.3 Å². The number of urea groups is 5. The van der Waals surface area contributed by atoms with Gasteiger partial charge in [-0.25, -0.2) is 33.8 Å². The Kier molecular flexibility index (Phi) is 36.3. The number of hydrogen-bond acceptors (Lipinski definition) is 22. The molecule has 12 N–H and O–H groups in total. The monoisotopic (exact) mass is 1880 g/mol. The van der Waals surface area contributed by atoms with Crippen LogP contribution in [0.5, 0.6) is 28.7 Å². The van der Waals surface area contributed by atoms with Gasteiger partial charge in [0.2, 0.25) is 0 Å². The normalized spacial score (nSPS) is 10.5. The average molecular weight is 1880 g/mol. The fraction of sp³-hybridized carbons (Fsp3) is 0.132. The van der Waals surface area contributed by atoms with E-state index in [0.717, 1.165) is 58.3 Å². The number of hydrogen-bond donors (Lipinski definition) is 12. The highest BCUT2D eigenvalue weighted by Gasteiger charge is 2.28. The second-order valence-electron chi connectivity index (χ2n) is 29.7. The number of nitro groups is 5. The number of nitrogens with zero attached hydrogens (tertiary/aromatic N) is 7. The van der Waals surface area contributed by atoms with Crippen LogP contribution >= 0.6 is 34.8 Å². The van der Waals surface area contributed by atoms with Crippen LogP contribution in [0, 0.1) is 56.4 Å². The Labute approximate surface area is 772 Å². The van der Waals surface area contributed by atoms with Gasteiger partial charge in [-0.05, 0) is 155 Å². The molecule has 133 heavy (non-hydrogen) atoms. The lowest BCUT2D eigenvalue weighted by Crippen LogP contribution is -2.34. The molecular formula is C91H85Cl3FN17O21. The summed E-state index contributed by atoms with van der Waals surface area (Å²) in [6.07, 6.45) is 1.57. The molecule has 11 amide bonds. The number of carbonyl (C=O) groups is 6. The fourth-order valence-corrected chi connectivity index (χ4v) is 12.3. The van der Waals surface area contributed by atoms with E-state index >= 15 is 0 Å². The van der Waals surface area contributed by atoms with E-state index in [4.69, 9.17) is 49.0 Å². The molecule has 42 heteroatoms. The van der Waals surface area contributed by atoms with Crippen molar-refractivity contribution in [3.05, 3.63) is 360 Å². The zero-order valence-corrected chi connectivity index (χ0v) is 74.2. The molecule has 12 aromatic carbocycles. The van der Waals surface area contributed by atoms with Crippen LogP contribution in [0.1, 0.15) is 74.2 Å². The number of carbonyl (C=O) groups excluding carboxylic acids is 6. The Hall–Kier alpha value is -17.1. The molecule has 0 spiro atoms. The summed E-state index contributed by atoms with van der Waals surface area (Å²) in [5, 5.41) is 102. The van der Waals surface area contributed by atoms with Crippen LogP contribution < -0.4 is 72.4 Å². The minimum absolute atomic E-state index is 0.0287. The van der Waals surface area contributed by atoms with Gasteiger partial charge in [0.05, 0.1) is 106 Å². The largest absolute Gasteiger partial charge is 0.507 e. The Morgan fingerprint density at radius 1 is 0.414 bits per heavy atom. The lowest BCUT2D eigenvalue weighted by Gasteiger charge is -2.27. The SMILES string of the molecule is CC(C)(C)c1cc(/C=N/NC(=O)c2ccc(NC(=O)Nc3cccc(Cl)c3)cc2)cc(C(C)(C)C)c1O.COc1cc([N+](=O)[O-])ccc1NC(=O)N(Cc1ccccc1)c1ccccc1.COc1cc([N+](=O)[O-])ccc1NC(=O)Nc1ccc(Cl)cc1[N+](=O)[O-].COc1cc([N+](=O)[O-])ccc1NC(=O)Nc1cccc(F)c1.O=C(Nc1ccccc1)Nc1cc(Cl)c([N+](=O)[O-])cc1O. The van der Waals surface area contributed by atoms with E-state index in [-0.39, 0.29) is 101 Å². The number of methoxy groups -OCH3 is 3. The van der Waals surface area contributed by atoms with Gasteiger partial charge in [0.15, 0.2) is 0 Å². The van der Waals surface area contributed by atoms with Crippen molar-refractivity contribution < 1.29 is 82.2 Å². The van der Waals surface area contributed by atoms with Gasteiger partial charge in [-0.1, -0.05) is 155 Å². The highest BCUT2D eigenvalue weighted by atomic mass is 35.5. The molecule has 38 nitrogen and oxygen atoms in total. The van der Waals surface area contributed by atoms with Gasteiger partial charge in [-0.3, -0.25) is 60.3 Å². The zero-order valence-electron chi connectivity index (χ0n) is 71.9. The third-order valence-electron chi connectivity index (χ3n) is 18.1. The number of benzene rings is 12. The molecule has 0 fully saturated rings. The first kappa shape index (κ1) is 101. The second-order valence-corrected chi connectivity index (χ2v) is 31.0. The zero-order chi connectivity index (χ0) is 97.4. The molecule has 0 aromatic heterocycles. The first-order valence-electron chi connectivity index (χ1n) is 39.1. The van der Waals surface area contributed by atoms with Crippen molar-refractivity contribution in [1.29, 1.82) is 0 Å². The molecule has 12 rings (SSSR count). The number of rotatable bonds is 23. The van der Waals surface area contributed by atoms with Crippen LogP contribution in [0.15, 0.2) is 266 Å². The van der Waals surface area contributed by atoms with Crippen LogP contribution in [0.4, 0.5) is 114 Å². The molecule has 0 aliphatic rings. The summed E-state index contributed by atoms with van der Waals surface area (Å²) in [6, 6.07) is 64.3. The van der Waals surface area contributed by atoms with Gasteiger partial charge < -0.3 is 72.3 Å². The van der Waals surface area contributed by atoms with Crippen molar-refractivity contribution >= 4 is 162 Å². The number of nitrogens with one attached hydrogen (secondary N) is 10. The Bertz CT molecular complexity index is 6250. The van der Waals surface area contributed by atoms with Crippen LogP contribution in [-0.4, -0.2) is 98.4 Å². The summed E-state index contributed by atoms with van der Waals surface area (Å²) < 4.78 is 28.2. The molecule has 0 heterocycles. The number of anilines is 10. The third kappa shape index (κ3) is 31.1. The number of phenolic OH excluding ortho intramolecular Hbond substituents is 2. The van der Waals surface area contributed by atoms with Gasteiger partial charge in [0, 0.05) is 79.4 Å². The number of para-hydroxylation sites is 2. The van der Waals surface area contributed by atoms with Gasteiger partial charge in [-0.15, -0.1) is 0 Å². The van der Waals surface area contributed by atoms with E-state index in [0.29, 0.717) is 39.9 Å². The highest BCUT2D eigenvalue weighted by molar-refractivity contribution is 6.33. The van der Waals surface area contributed by atoms with Crippen molar-refractivity contribution in [2.45, 2.75) is 58.9 Å². The fourth-order valence-electron chi connectivity index (χ4n) is 11.7. The molecule has 0 atom stereocenters. The van der Waals surface area contributed by atoms with Crippen LogP contribution in [-0.2, 0) is 17.4 Å². The topological polar surface area (TPSA) is 522 Å². The molecule has 0 saturated carbocycles. The van der Waals surface area contributed by atoms with Crippen molar-refractivity contribution in [2.24, 2.45) is 5.10 Å². The molecule has 12 aromatic rings. The minimum atomic E-state index is -0.794. The van der Waals surface area contributed by atoms with E-state index in [2.05, 4.69) is 58.4 Å². The van der Waals surface area contributed by atoms with E-state index in [1.165, 1.54) is 100 Å². The number of phenols is 2. The third-order valence-corrected chi connectivity index (χ3v) is 18.8. The lowest BCUT2D eigenvalue weighted by atomic mass is 9.78. The summed E-state index contributed by atoms with van der Waals surface area (Å²) in [7, 11) is 4.01. The Balaban J connectivity index is 0.000000208. The quantitative estimate of drug-likeness (QED) is 0.0122. The number of amides is 11. The Morgan fingerprint density at radius 3 is 1.29 bits per heavy atom. The van der Waals surface area contributed by atoms with Gasteiger partial charge in [-0.2, -0.15) is 5.10 Å². The Morgan fingerprint density at radius 2 is 0.820 bits per heavy atom. The summed E-state index contributed by atoms with van der Waals surface area (Å²) >= 11 is 17.4. The highest BCUT2D eigenvalue weighted by Crippen LogP contribution is 2.41. The first-order chi connectivity index (χ1) is 63.1. The molecule has 0 bridgehead atoms. The van der Waals surface area contributed by atoms with Gasteiger partial charge in [0.1, 0.15) is 45.3 Å². The van der Waals surface area contributed by atoms with Crippen molar-refractivity contribution in [3.63, 3.8) is 0 Å². The molecule has 0 saturated heterocycles. The number of nitro benzene ring substituents is 5. The number of non-ortho nitro benzene ring substituents is 3. The molecule has 688 valence electrons. The van der Waals surface area contributed by atoms with Gasteiger partial charge >= 0.3 is 30.2 Å². The second kappa shape index (κ2) is 47.7. The number of halogens is 4. The summed E-state index contributed by atoms with van der Waals surface area (Å²) in [6.45, 7) is 12.6. The number of ether oxygens (including phenoxy) is 3. The number of aromatic hydroxyl groups is 2. The minimum Gasteiger partial charge on any atom is -0.507 e. The molecular weight excluding hydrogens is 1790 g/mol. The summed E-state index contributed by atoms with van der Waals surface area (Å²) in [4.78, 5) is 126. The maximum Gasteiger partial charge on any atom is 0.326 e. The average Bonchev–Trinajstić information content (AvgIpc) is 0.787. The van der Waals surface area contributed by atoms with E-state index < -0.39 is 71.9 Å². The smallest absolute Gasteiger partial charge is 0.326 e. The van der Waals surface area contributed by atoms with Crippen molar-refractivity contribution in [1.82, 2.24) is 5.43 Å². The maximum absolute atomic E-state index is 13.0. The molecule has 0 aliphatic carbocycles. The predicted octanol–water partition coefficient (Wildman–Crippen LogP) is 22.7. The van der Waals surface area contributed by atoms with E-state index in [9.17, 15) is 93.9 Å². The van der Waals surface area contributed by atoms with E-state index in [1.807, 2.05) is 114 Å². The van der Waals surface area contributed by atoms with Crippen molar-refractivity contribution in [2.75, 3.05) is 74.1 Å². The number of hydrazone groups is 1. The molecule has 0 radical (unpaired) electrons. The lowest BCUT2D eigenvalue weighted by molar-refractivity contribution is -0.385. The first-order valence-corrected chi connectivity index (χ1v) is 40.2. The molecule has 0 unspecified atom stereocenters. The van der Waals surface area contributed by atoms with E-state index in [1.54, 1.807) is 90.0 Å². The maximum atomic E-state index is 13.0. The van der Waals surface area contributed by atoms with Crippen LogP contribution in [0.25, 0.3) is 0 Å². The predicted molar refractivity (Wildman–Crippen MR) is 507 cm³/mol. The standard InChI is InChI=1S/C29H33ClN4O3.C21H19N3O4.C14H11ClN4O6.C14H12FN3O4.C13H10ClN3O4/c1-28(2,3)23-14-18(15-24(25(23)35)29(4,5)6)17-31-34-26(36)19-10-12-21(13-11-19)32-27(37)33-22-9-7-8-20(30)16-22;1-28-20-14-18(24(26)27)12-13-19(20)22-21(25)23(17-10-6-3-7-11-17)15-16-8-4-2-5-9-16;1-25-13-7-9(18(21)22)3-5-11(13)17-14(20)16-10-4-2-8(15)6-12(10)19(23)24;1-22-13-8-11(18(20)21)5-6-12(13)17-14(19)16-10-4-2-3-9(15)7-10;14-9-6-10(12(18)7-11(9)17(20)21)16-13(19)15-8-4-2-1-3-5-8/h7-17,35H,1-6H3,(H,34,36)(H2,32,33,37);2-14H,15H2,1H3,(H,22,25);2-7H,1H3,(H2,16,17,20);2-8H,1H3,(H2,16,17,19);1-7,18H,(H2,15,16,19)/b31-17+;;;;.